The molecular formula is C7H5BrF3NO. The Morgan fingerprint density at radius 1 is 1.54 bits per heavy atom. The predicted octanol–water partition coefficient (Wildman–Crippen LogP) is 2.79. The maximum absolute atomic E-state index is 12.4. The van der Waals surface area contributed by atoms with Crippen molar-refractivity contribution >= 4 is 15.9 Å². The first-order chi connectivity index (χ1) is 6.05. The van der Waals surface area contributed by atoms with Gasteiger partial charge >= 0.3 is 6.11 Å². The van der Waals surface area contributed by atoms with E-state index >= 15 is 0 Å². The predicted molar refractivity (Wildman–Crippen MR) is 43.5 cm³/mol. The van der Waals surface area contributed by atoms with Crippen LogP contribution in [0.3, 0.4) is 0 Å². The van der Waals surface area contributed by atoms with Gasteiger partial charge in [0.05, 0.1) is 4.47 Å². The van der Waals surface area contributed by atoms with Gasteiger partial charge in [-0.1, -0.05) is 0 Å². The minimum atomic E-state index is -3.79. The van der Waals surface area contributed by atoms with E-state index in [0.29, 0.717) is 0 Å². The van der Waals surface area contributed by atoms with Gasteiger partial charge in [-0.25, -0.2) is 4.39 Å². The van der Waals surface area contributed by atoms with Crippen molar-refractivity contribution in [3.63, 3.8) is 0 Å². The molecule has 0 saturated carbocycles. The van der Waals surface area contributed by atoms with Crippen LogP contribution in [0.2, 0.25) is 0 Å². The lowest BCUT2D eigenvalue weighted by molar-refractivity contribution is -0.186. The van der Waals surface area contributed by atoms with Crippen LogP contribution in [0.25, 0.3) is 0 Å². The van der Waals surface area contributed by atoms with E-state index in [1.54, 1.807) is 0 Å². The Morgan fingerprint density at radius 3 is 2.77 bits per heavy atom. The highest BCUT2D eigenvalue weighted by atomic mass is 79.9. The summed E-state index contributed by atoms with van der Waals surface area (Å²) < 4.78 is 40.8. The minimum Gasteiger partial charge on any atom is -0.429 e. The van der Waals surface area contributed by atoms with Crippen LogP contribution in [0.5, 0.6) is 5.75 Å². The molecular weight excluding hydrogens is 251 g/mol. The number of halogens is 4. The number of ether oxygens (including phenoxy) is 1. The van der Waals surface area contributed by atoms with Gasteiger partial charge in [0.15, 0.2) is 6.67 Å². The normalized spacial score (nSPS) is 11.4. The van der Waals surface area contributed by atoms with Gasteiger partial charge in [0.2, 0.25) is 0 Å². The van der Waals surface area contributed by atoms with Crippen molar-refractivity contribution in [3.8, 4) is 5.75 Å². The quantitative estimate of drug-likeness (QED) is 0.829. The second-order valence-corrected chi connectivity index (χ2v) is 3.03. The lowest BCUT2D eigenvalue weighted by atomic mass is 10.4. The molecule has 0 aliphatic carbocycles. The lowest BCUT2D eigenvalue weighted by Crippen LogP contribution is -2.27. The van der Waals surface area contributed by atoms with Gasteiger partial charge in [-0.05, 0) is 22.0 Å². The van der Waals surface area contributed by atoms with Crippen LogP contribution in [0.1, 0.15) is 0 Å². The summed E-state index contributed by atoms with van der Waals surface area (Å²) in [4.78, 5) is 3.64. The summed E-state index contributed by atoms with van der Waals surface area (Å²) in [5.41, 5.74) is 0. The van der Waals surface area contributed by atoms with Crippen molar-refractivity contribution in [2.45, 2.75) is 6.11 Å². The molecule has 6 heteroatoms. The van der Waals surface area contributed by atoms with Gasteiger partial charge in [-0.2, -0.15) is 8.78 Å². The van der Waals surface area contributed by atoms with Crippen molar-refractivity contribution in [1.82, 2.24) is 4.98 Å². The molecule has 72 valence electrons. The molecule has 0 aliphatic rings. The molecule has 0 spiro atoms. The van der Waals surface area contributed by atoms with Gasteiger partial charge < -0.3 is 4.74 Å². The van der Waals surface area contributed by atoms with Crippen molar-refractivity contribution in [1.29, 1.82) is 0 Å². The average Bonchev–Trinajstić information content (AvgIpc) is 2.09. The molecule has 1 rings (SSSR count). The number of pyridine rings is 1. The largest absolute Gasteiger partial charge is 0.429 e. The summed E-state index contributed by atoms with van der Waals surface area (Å²) >= 11 is 2.93. The topological polar surface area (TPSA) is 22.1 Å². The van der Waals surface area contributed by atoms with Crippen LogP contribution in [0.15, 0.2) is 22.9 Å². The molecule has 0 amide bonds. The van der Waals surface area contributed by atoms with Gasteiger partial charge in [0.25, 0.3) is 0 Å². The van der Waals surface area contributed by atoms with Gasteiger partial charge in [-0.15, -0.1) is 0 Å². The molecule has 0 saturated heterocycles. The monoisotopic (exact) mass is 255 g/mol. The molecule has 0 fully saturated rings. The molecule has 13 heavy (non-hydrogen) atoms. The first-order valence-electron chi connectivity index (χ1n) is 3.27. The molecule has 1 aromatic heterocycles. The molecule has 0 unspecified atom stereocenters. The molecule has 0 bridgehead atoms. The molecule has 1 aromatic rings. The van der Waals surface area contributed by atoms with Crippen LogP contribution in [-0.4, -0.2) is 17.8 Å². The molecule has 0 aliphatic heterocycles. The summed E-state index contributed by atoms with van der Waals surface area (Å²) in [5, 5.41) is 0. The van der Waals surface area contributed by atoms with Crippen LogP contribution >= 0.6 is 15.9 Å². The van der Waals surface area contributed by atoms with Crippen molar-refractivity contribution in [2.75, 3.05) is 6.67 Å². The number of hydrogen-bond acceptors (Lipinski definition) is 2. The van der Waals surface area contributed by atoms with Crippen molar-refractivity contribution in [2.24, 2.45) is 0 Å². The molecule has 0 aromatic carbocycles. The van der Waals surface area contributed by atoms with Crippen molar-refractivity contribution < 1.29 is 17.9 Å². The smallest absolute Gasteiger partial charge is 0.427 e. The SMILES string of the molecule is FCC(F)(F)Oc1ccncc1Br. The molecule has 0 atom stereocenters. The van der Waals surface area contributed by atoms with Gasteiger partial charge in [0, 0.05) is 12.4 Å². The van der Waals surface area contributed by atoms with E-state index < -0.39 is 12.8 Å². The number of hydrogen-bond donors (Lipinski definition) is 0. The second kappa shape index (κ2) is 3.95. The van der Waals surface area contributed by atoms with E-state index in [1.165, 1.54) is 18.5 Å². The third-order valence-electron chi connectivity index (χ3n) is 1.15. The highest BCUT2D eigenvalue weighted by Gasteiger charge is 2.32. The van der Waals surface area contributed by atoms with E-state index in [0.717, 1.165) is 0 Å². The fraction of sp³-hybridized carbons (Fsp3) is 0.286. The molecule has 2 nitrogen and oxygen atoms in total. The Balaban J connectivity index is 2.80. The molecule has 0 N–H and O–H groups in total. The van der Waals surface area contributed by atoms with E-state index in [4.69, 9.17) is 0 Å². The zero-order chi connectivity index (χ0) is 9.90. The second-order valence-electron chi connectivity index (χ2n) is 2.18. The van der Waals surface area contributed by atoms with E-state index in [9.17, 15) is 13.2 Å². The maximum Gasteiger partial charge on any atom is 0.427 e. The Hall–Kier alpha value is -0.780. The average molecular weight is 256 g/mol. The first kappa shape index (κ1) is 10.3. The zero-order valence-electron chi connectivity index (χ0n) is 6.31. The Bertz CT molecular complexity index is 295. The van der Waals surface area contributed by atoms with Crippen LogP contribution < -0.4 is 4.74 Å². The highest BCUT2D eigenvalue weighted by Crippen LogP contribution is 2.28. The fourth-order valence-electron chi connectivity index (χ4n) is 0.633. The van der Waals surface area contributed by atoms with Gasteiger partial charge in [-0.3, -0.25) is 4.98 Å². The minimum absolute atomic E-state index is 0.141. The third-order valence-corrected chi connectivity index (χ3v) is 1.75. The Labute approximate surface area is 80.9 Å². The summed E-state index contributed by atoms with van der Waals surface area (Å²) in [7, 11) is 0. The maximum atomic E-state index is 12.4. The fourth-order valence-corrected chi connectivity index (χ4v) is 0.965. The number of alkyl halides is 3. The van der Waals surface area contributed by atoms with Crippen LogP contribution in [0.4, 0.5) is 13.2 Å². The van der Waals surface area contributed by atoms with Crippen molar-refractivity contribution in [3.05, 3.63) is 22.9 Å². The van der Waals surface area contributed by atoms with Crippen LogP contribution in [-0.2, 0) is 0 Å². The van der Waals surface area contributed by atoms with E-state index in [2.05, 4.69) is 25.7 Å². The number of aromatic nitrogens is 1. The standard InChI is InChI=1S/C7H5BrF3NO/c8-5-3-12-2-1-6(5)13-7(10,11)4-9/h1-3H,4H2. The lowest BCUT2D eigenvalue weighted by Gasteiger charge is -2.14. The Kier molecular flexibility index (Phi) is 3.13. The Morgan fingerprint density at radius 2 is 2.23 bits per heavy atom. The third kappa shape index (κ3) is 2.87. The zero-order valence-corrected chi connectivity index (χ0v) is 7.89. The molecule has 0 radical (unpaired) electrons. The summed E-state index contributed by atoms with van der Waals surface area (Å²) in [6.45, 7) is -1.86. The van der Waals surface area contributed by atoms with E-state index in [1.807, 2.05) is 0 Å². The summed E-state index contributed by atoms with van der Waals surface area (Å²) in [5.74, 6) is -0.141. The number of rotatable bonds is 3. The summed E-state index contributed by atoms with van der Waals surface area (Å²) in [6, 6.07) is 1.22. The molecule has 1 heterocycles. The van der Waals surface area contributed by atoms with Crippen LogP contribution in [0, 0.1) is 0 Å². The first-order valence-corrected chi connectivity index (χ1v) is 4.07. The number of nitrogens with zero attached hydrogens (tertiary/aromatic N) is 1. The highest BCUT2D eigenvalue weighted by molar-refractivity contribution is 9.10. The van der Waals surface area contributed by atoms with Gasteiger partial charge in [0.1, 0.15) is 5.75 Å². The summed E-state index contributed by atoms with van der Waals surface area (Å²) in [6.07, 6.45) is -1.23. The van der Waals surface area contributed by atoms with E-state index in [-0.39, 0.29) is 10.2 Å².